The van der Waals surface area contributed by atoms with Gasteiger partial charge in [-0.1, -0.05) is 0 Å². The first-order chi connectivity index (χ1) is 11.1. The van der Waals surface area contributed by atoms with E-state index >= 15 is 0 Å². The highest BCUT2D eigenvalue weighted by Crippen LogP contribution is 2.39. The fourth-order valence-electron chi connectivity index (χ4n) is 2.22. The van der Waals surface area contributed by atoms with E-state index < -0.39 is 5.97 Å². The van der Waals surface area contributed by atoms with Crippen LogP contribution in [-0.4, -0.2) is 25.5 Å². The van der Waals surface area contributed by atoms with Crippen LogP contribution in [0.15, 0.2) is 40.7 Å². The van der Waals surface area contributed by atoms with Crippen LogP contribution in [0.3, 0.4) is 0 Å². The van der Waals surface area contributed by atoms with Crippen molar-refractivity contribution < 1.29 is 28.2 Å². The fourth-order valence-corrected chi connectivity index (χ4v) is 2.22. The Kier molecular flexibility index (Phi) is 3.89. The Labute approximate surface area is 132 Å². The van der Waals surface area contributed by atoms with Crippen LogP contribution in [0.2, 0.25) is 0 Å². The monoisotopic (exact) mass is 314 g/mol. The van der Waals surface area contributed by atoms with E-state index in [-0.39, 0.29) is 18.1 Å². The third-order valence-corrected chi connectivity index (χ3v) is 3.43. The van der Waals surface area contributed by atoms with Crippen LogP contribution in [0.25, 0.3) is 6.08 Å². The largest absolute Gasteiger partial charge is 0.481 e. The lowest BCUT2D eigenvalue weighted by atomic mass is 10.1. The van der Waals surface area contributed by atoms with Gasteiger partial charge in [0.05, 0.1) is 18.9 Å². The molecule has 0 atom stereocenters. The van der Waals surface area contributed by atoms with Gasteiger partial charge >= 0.3 is 5.97 Å². The number of fused-ring (bicyclic) bond motifs is 1. The van der Waals surface area contributed by atoms with Crippen LogP contribution in [0, 0.1) is 6.92 Å². The number of rotatable bonds is 4. The van der Waals surface area contributed by atoms with Gasteiger partial charge in [-0.2, -0.15) is 0 Å². The number of methoxy groups -OCH3 is 1. The maximum Gasteiger partial charge on any atom is 0.343 e. The van der Waals surface area contributed by atoms with Crippen LogP contribution >= 0.6 is 0 Å². The van der Waals surface area contributed by atoms with Gasteiger partial charge < -0.3 is 18.6 Å². The van der Waals surface area contributed by atoms with Crippen LogP contribution in [0.4, 0.5) is 0 Å². The smallest absolute Gasteiger partial charge is 0.343 e. The summed E-state index contributed by atoms with van der Waals surface area (Å²) in [6.07, 6.45) is 3.06. The summed E-state index contributed by atoms with van der Waals surface area (Å²) in [4.78, 5) is 23.5. The van der Waals surface area contributed by atoms with E-state index in [2.05, 4.69) is 4.74 Å². The van der Waals surface area contributed by atoms with Crippen LogP contribution in [0.1, 0.15) is 21.7 Å². The number of allylic oxidation sites excluding steroid dienone is 1. The number of esters is 1. The predicted octanol–water partition coefficient (Wildman–Crippen LogP) is 2.76. The van der Waals surface area contributed by atoms with E-state index in [0.717, 1.165) is 0 Å². The second-order valence-corrected chi connectivity index (χ2v) is 4.89. The highest BCUT2D eigenvalue weighted by atomic mass is 16.6. The quantitative estimate of drug-likeness (QED) is 0.638. The van der Waals surface area contributed by atoms with Gasteiger partial charge in [0, 0.05) is 11.6 Å². The zero-order valence-corrected chi connectivity index (χ0v) is 12.6. The van der Waals surface area contributed by atoms with Crippen LogP contribution in [-0.2, 0) is 9.53 Å². The van der Waals surface area contributed by atoms with Gasteiger partial charge in [0.25, 0.3) is 0 Å². The molecule has 0 radical (unpaired) electrons. The second-order valence-electron chi connectivity index (χ2n) is 4.89. The first-order valence-corrected chi connectivity index (χ1v) is 6.91. The van der Waals surface area contributed by atoms with Crippen molar-refractivity contribution in [1.82, 2.24) is 0 Å². The molecule has 118 valence electrons. The van der Waals surface area contributed by atoms with Crippen molar-refractivity contribution in [3.8, 4) is 11.5 Å². The number of furan rings is 1. The summed E-state index contributed by atoms with van der Waals surface area (Å²) < 4.78 is 20.8. The van der Waals surface area contributed by atoms with E-state index in [1.54, 1.807) is 31.2 Å². The molecular formula is C17H14O6. The summed E-state index contributed by atoms with van der Waals surface area (Å²) >= 11 is 0. The molecule has 1 aliphatic heterocycles. The zero-order valence-electron chi connectivity index (χ0n) is 12.6. The molecular weight excluding hydrogens is 300 g/mol. The zero-order chi connectivity index (χ0) is 16.4. The molecule has 1 aromatic carbocycles. The molecule has 0 bridgehead atoms. The minimum atomic E-state index is -0.486. The molecule has 1 aliphatic rings. The first kappa shape index (κ1) is 14.9. The summed E-state index contributed by atoms with van der Waals surface area (Å²) in [7, 11) is 1.29. The molecule has 0 fully saturated rings. The number of carbonyl (C=O) groups is 2. The Balaban J connectivity index is 1.87. The number of carbonyl (C=O) groups excluding carboxylic acids is 2. The fraction of sp³-hybridized carbons (Fsp3) is 0.176. The molecule has 0 saturated carbocycles. The Hall–Kier alpha value is -3.02. The van der Waals surface area contributed by atoms with Crippen molar-refractivity contribution in [2.75, 3.05) is 13.7 Å². The minimum absolute atomic E-state index is 0.183. The molecule has 3 rings (SSSR count). The normalized spacial score (nSPS) is 14.5. The SMILES string of the molecule is COC(=O)COc1ccc2c(c1C)O/C(=C/c1ccco1)C2=O. The van der Waals surface area contributed by atoms with Gasteiger partial charge in [-0.25, -0.2) is 4.79 Å². The maximum absolute atomic E-state index is 12.3. The van der Waals surface area contributed by atoms with Crippen molar-refractivity contribution in [3.05, 3.63) is 53.2 Å². The third-order valence-electron chi connectivity index (χ3n) is 3.43. The molecule has 6 nitrogen and oxygen atoms in total. The van der Waals surface area contributed by atoms with Crippen molar-refractivity contribution >= 4 is 17.8 Å². The highest BCUT2D eigenvalue weighted by molar-refractivity contribution is 6.14. The van der Waals surface area contributed by atoms with Crippen LogP contribution in [0.5, 0.6) is 11.5 Å². The average Bonchev–Trinajstić information content (AvgIpc) is 3.16. The van der Waals surface area contributed by atoms with Crippen LogP contribution < -0.4 is 9.47 Å². The average molecular weight is 314 g/mol. The van der Waals surface area contributed by atoms with Gasteiger partial charge in [-0.3, -0.25) is 4.79 Å². The molecule has 0 saturated heterocycles. The number of Topliss-reactive ketones (excluding diaryl/α,β-unsaturated/α-hetero) is 1. The number of hydrogen-bond acceptors (Lipinski definition) is 6. The number of benzene rings is 1. The van der Waals surface area contributed by atoms with Crippen molar-refractivity contribution in [1.29, 1.82) is 0 Å². The van der Waals surface area contributed by atoms with E-state index in [4.69, 9.17) is 13.9 Å². The molecule has 0 amide bonds. The summed E-state index contributed by atoms with van der Waals surface area (Å²) in [5.41, 5.74) is 1.09. The molecule has 0 spiro atoms. The van der Waals surface area contributed by atoms with Gasteiger partial charge in [-0.15, -0.1) is 0 Å². The standard InChI is InChI=1S/C17H14O6/c1-10-13(22-9-15(18)20-2)6-5-12-16(19)14(23-17(10)12)8-11-4-3-7-21-11/h3-8H,9H2,1-2H3/b14-8+. The second kappa shape index (κ2) is 6.00. The topological polar surface area (TPSA) is 75.0 Å². The lowest BCUT2D eigenvalue weighted by Crippen LogP contribution is -2.13. The van der Waals surface area contributed by atoms with Gasteiger partial charge in [0.2, 0.25) is 5.78 Å². The molecule has 0 aliphatic carbocycles. The Bertz CT molecular complexity index is 786. The molecule has 1 aromatic heterocycles. The molecule has 2 heterocycles. The van der Waals surface area contributed by atoms with E-state index in [9.17, 15) is 9.59 Å². The Morgan fingerprint density at radius 2 is 2.13 bits per heavy atom. The number of ether oxygens (including phenoxy) is 3. The highest BCUT2D eigenvalue weighted by Gasteiger charge is 2.30. The van der Waals surface area contributed by atoms with Crippen molar-refractivity contribution in [2.45, 2.75) is 6.92 Å². The van der Waals surface area contributed by atoms with E-state index in [1.165, 1.54) is 19.4 Å². The Morgan fingerprint density at radius 1 is 1.30 bits per heavy atom. The molecule has 0 unspecified atom stereocenters. The Morgan fingerprint density at radius 3 is 2.83 bits per heavy atom. The maximum atomic E-state index is 12.3. The van der Waals surface area contributed by atoms with Crippen molar-refractivity contribution in [2.24, 2.45) is 0 Å². The molecule has 6 heteroatoms. The van der Waals surface area contributed by atoms with E-state index in [0.29, 0.717) is 28.4 Å². The lowest BCUT2D eigenvalue weighted by Gasteiger charge is -2.10. The molecule has 0 N–H and O–H groups in total. The van der Waals surface area contributed by atoms with Gasteiger partial charge in [-0.05, 0) is 31.2 Å². The first-order valence-electron chi connectivity index (χ1n) is 6.91. The summed E-state index contributed by atoms with van der Waals surface area (Å²) in [5, 5.41) is 0. The number of ketones is 1. The minimum Gasteiger partial charge on any atom is -0.481 e. The summed E-state index contributed by atoms with van der Waals surface area (Å²) in [6.45, 7) is 1.55. The van der Waals surface area contributed by atoms with Gasteiger partial charge in [0.15, 0.2) is 12.4 Å². The molecule has 2 aromatic rings. The van der Waals surface area contributed by atoms with E-state index in [1.807, 2.05) is 0 Å². The van der Waals surface area contributed by atoms with Gasteiger partial charge in [0.1, 0.15) is 17.3 Å². The third kappa shape index (κ3) is 2.83. The summed E-state index contributed by atoms with van der Waals surface area (Å²) in [5.74, 6) is 0.889. The molecule has 23 heavy (non-hydrogen) atoms. The van der Waals surface area contributed by atoms with Crippen molar-refractivity contribution in [3.63, 3.8) is 0 Å². The lowest BCUT2D eigenvalue weighted by molar-refractivity contribution is -0.142. The number of hydrogen-bond donors (Lipinski definition) is 0. The predicted molar refractivity (Wildman–Crippen MR) is 80.3 cm³/mol. The summed E-state index contributed by atoms with van der Waals surface area (Å²) in [6, 6.07) is 6.70.